The second kappa shape index (κ2) is 25.9. The van der Waals surface area contributed by atoms with Crippen molar-refractivity contribution in [3.8, 4) is 0 Å². The number of methoxy groups -OCH3 is 3. The number of carboxylic acid groups (broad SMARTS) is 1. The molecule has 0 aliphatic carbocycles. The van der Waals surface area contributed by atoms with Crippen LogP contribution in [0.5, 0.6) is 0 Å². The summed E-state index contributed by atoms with van der Waals surface area (Å²) in [5, 5.41) is 18.5. The van der Waals surface area contributed by atoms with Gasteiger partial charge in [0.1, 0.15) is 11.8 Å². The van der Waals surface area contributed by atoms with E-state index in [9.17, 15) is 55.4 Å². The Morgan fingerprint density at radius 1 is 0.639 bits per heavy atom. The van der Waals surface area contributed by atoms with Gasteiger partial charge in [-0.15, -0.1) is 0 Å². The number of fused-ring (bicyclic) bond motifs is 2. The molecule has 7 rings (SSSR count). The van der Waals surface area contributed by atoms with Crippen LogP contribution in [-0.4, -0.2) is 85.5 Å². The van der Waals surface area contributed by atoms with Crippen LogP contribution in [0, 0.1) is 20.8 Å². The number of esters is 3. The maximum atomic E-state index is 12.7. The van der Waals surface area contributed by atoms with Crippen molar-refractivity contribution >= 4 is 41.2 Å². The molecule has 0 aliphatic heterocycles. The molecule has 0 saturated carbocycles. The molecular formula is C51H49F6N5O10. The lowest BCUT2D eigenvalue weighted by atomic mass is 9.95. The van der Waals surface area contributed by atoms with Crippen molar-refractivity contribution in [2.75, 3.05) is 21.3 Å². The number of hydrogen-bond acceptors (Lipinski definition) is 12. The van der Waals surface area contributed by atoms with Crippen LogP contribution in [0.1, 0.15) is 89.4 Å². The van der Waals surface area contributed by atoms with E-state index in [2.05, 4.69) is 42.3 Å². The first kappa shape index (κ1) is 57.9. The number of aliphatic hydroxyl groups excluding tert-OH is 1. The molecule has 0 bridgehead atoms. The maximum absolute atomic E-state index is 12.7. The zero-order chi connectivity index (χ0) is 54.1. The van der Waals surface area contributed by atoms with Crippen LogP contribution >= 0.6 is 0 Å². The zero-order valence-electron chi connectivity index (χ0n) is 39.8. The average molecular weight is 1010 g/mol. The second-order valence-corrected chi connectivity index (χ2v) is 15.1. The van der Waals surface area contributed by atoms with E-state index in [0.29, 0.717) is 17.0 Å². The highest BCUT2D eigenvalue weighted by atomic mass is 19.4. The van der Waals surface area contributed by atoms with Gasteiger partial charge in [-0.05, 0) is 92.1 Å². The molecule has 72 heavy (non-hydrogen) atoms. The fourth-order valence-electron chi connectivity index (χ4n) is 6.34. The smallest absolute Gasteiger partial charge is 0.418 e. The van der Waals surface area contributed by atoms with Crippen molar-refractivity contribution in [2.24, 2.45) is 0 Å². The first-order valence-electron chi connectivity index (χ1n) is 20.9. The van der Waals surface area contributed by atoms with Crippen molar-refractivity contribution in [3.63, 3.8) is 0 Å². The van der Waals surface area contributed by atoms with Crippen molar-refractivity contribution in [1.29, 1.82) is 0 Å². The highest BCUT2D eigenvalue weighted by Crippen LogP contribution is 2.34. The number of aryl methyl sites for hydroxylation is 3. The summed E-state index contributed by atoms with van der Waals surface area (Å²) in [6, 6.07) is 17.6. The summed E-state index contributed by atoms with van der Waals surface area (Å²) in [4.78, 5) is 66.5. The van der Waals surface area contributed by atoms with Gasteiger partial charge in [-0.1, -0.05) is 38.3 Å². The predicted octanol–water partition coefficient (Wildman–Crippen LogP) is 9.98. The number of aliphatic hydroxyl groups is 1. The summed E-state index contributed by atoms with van der Waals surface area (Å²) < 4.78 is 91.7. The Balaban J connectivity index is 0.000000241. The topological polar surface area (TPSA) is 201 Å². The monoisotopic (exact) mass is 1010 g/mol. The van der Waals surface area contributed by atoms with E-state index in [-0.39, 0.29) is 39.6 Å². The molecule has 0 radical (unpaired) electrons. The number of aromatic nitrogens is 5. The summed E-state index contributed by atoms with van der Waals surface area (Å²) in [6.45, 7) is 14.7. The number of carbonyl (C=O) groups excluding carboxylic acids is 4. The minimum Gasteiger partial charge on any atom is -0.478 e. The fraction of sp³-hybridized carbons (Fsp3) is 0.216. The van der Waals surface area contributed by atoms with Crippen molar-refractivity contribution in [3.05, 3.63) is 197 Å². The first-order chi connectivity index (χ1) is 33.8. The molecule has 0 fully saturated rings. The van der Waals surface area contributed by atoms with Gasteiger partial charge in [0.05, 0.1) is 71.6 Å². The van der Waals surface area contributed by atoms with Gasteiger partial charge >= 0.3 is 36.2 Å². The molecular weight excluding hydrogens is 957 g/mol. The van der Waals surface area contributed by atoms with Gasteiger partial charge in [-0.3, -0.25) is 19.7 Å². The molecule has 7 aromatic rings. The Labute approximate surface area is 408 Å². The van der Waals surface area contributed by atoms with Crippen LogP contribution in [-0.2, 0) is 36.2 Å². The number of halogens is 6. The second-order valence-electron chi connectivity index (χ2n) is 15.1. The van der Waals surface area contributed by atoms with E-state index in [0.717, 1.165) is 63.5 Å². The van der Waals surface area contributed by atoms with Gasteiger partial charge < -0.3 is 33.2 Å². The largest absolute Gasteiger partial charge is 0.478 e. The molecule has 7 heterocycles. The first-order valence-corrected chi connectivity index (χ1v) is 20.9. The third-order valence-electron chi connectivity index (χ3n) is 10.2. The molecule has 7 aromatic heterocycles. The van der Waals surface area contributed by atoms with Crippen LogP contribution in [0.2, 0.25) is 0 Å². The quantitative estimate of drug-likeness (QED) is 0.0455. The molecule has 2 unspecified atom stereocenters. The van der Waals surface area contributed by atoms with Gasteiger partial charge in [0.25, 0.3) is 0 Å². The Kier molecular flexibility index (Phi) is 20.9. The number of rotatable bonds is 9. The van der Waals surface area contributed by atoms with Crippen LogP contribution in [0.25, 0.3) is 11.0 Å². The SMILES string of the molecule is C=C(C(=O)OC)C(C)c1ncccc1C.C=C(C(=O)OC)C(O)c1ncccc1C.COC(=O)c1cc2c(C(F)(F)F)cccn2c1.Cc1cccnc1C=O.O=C(O)c1cc2c(C(F)(F)F)cccn2c1. The van der Waals surface area contributed by atoms with E-state index in [1.807, 2.05) is 45.0 Å². The van der Waals surface area contributed by atoms with E-state index in [4.69, 9.17) is 5.11 Å². The number of nitrogens with zero attached hydrogens (tertiary/aromatic N) is 5. The lowest BCUT2D eigenvalue weighted by molar-refractivity contribution is -0.138. The highest BCUT2D eigenvalue weighted by molar-refractivity contribution is 5.92. The van der Waals surface area contributed by atoms with Gasteiger partial charge in [0.15, 0.2) is 6.29 Å². The van der Waals surface area contributed by atoms with Gasteiger partial charge in [-0.2, -0.15) is 26.3 Å². The number of aldehydes is 1. The lowest BCUT2D eigenvalue weighted by Gasteiger charge is -2.14. The number of hydrogen-bond donors (Lipinski definition) is 2. The number of pyridine rings is 5. The standard InChI is InChI=1S/C12H15NO2.C11H8F3NO2.C11H13NO3.C10H6F3NO2.C7H7NO/c1-8-6-5-7-13-11(8)9(2)10(3)12(14)15-4;1-17-10(16)7-5-9-8(11(12,13)14)3-2-4-15(9)6-7;1-7-5-4-6-12-9(7)10(13)8(2)11(14)15-3;11-10(12,13)7-2-1-3-14-5-6(9(15)16)4-8(7)14;1-6-3-2-4-8-7(6)5-9/h5-7,9H,3H2,1-2,4H3;2-6H,1H3;4-6,10,13H,2H2,1,3H3;1-5H,(H,15,16);2-5H,1H3. The lowest BCUT2D eigenvalue weighted by Crippen LogP contribution is -2.14. The third kappa shape index (κ3) is 15.5. The van der Waals surface area contributed by atoms with Crippen molar-refractivity contribution in [1.82, 2.24) is 23.8 Å². The Bertz CT molecular complexity index is 2980. The average Bonchev–Trinajstić information content (AvgIpc) is 4.01. The predicted molar refractivity (Wildman–Crippen MR) is 251 cm³/mol. The molecule has 0 amide bonds. The normalized spacial score (nSPS) is 11.5. The highest BCUT2D eigenvalue weighted by Gasteiger charge is 2.34. The summed E-state index contributed by atoms with van der Waals surface area (Å²) in [7, 11) is 3.77. The van der Waals surface area contributed by atoms with E-state index in [1.54, 1.807) is 37.6 Å². The summed E-state index contributed by atoms with van der Waals surface area (Å²) >= 11 is 0. The van der Waals surface area contributed by atoms with Crippen molar-refractivity contribution < 1.29 is 74.7 Å². The molecule has 0 aliphatic rings. The minimum absolute atomic E-state index is 0.0145. The van der Waals surface area contributed by atoms with Gasteiger partial charge in [-0.25, -0.2) is 19.2 Å². The summed E-state index contributed by atoms with van der Waals surface area (Å²) in [5.74, 6) is -3.04. The number of aromatic carboxylic acids is 1. The van der Waals surface area contributed by atoms with E-state index < -0.39 is 47.5 Å². The van der Waals surface area contributed by atoms with Crippen LogP contribution < -0.4 is 0 Å². The number of alkyl halides is 6. The molecule has 2 N–H and O–H groups in total. The zero-order valence-corrected chi connectivity index (χ0v) is 39.8. The van der Waals surface area contributed by atoms with Crippen LogP contribution in [0.3, 0.4) is 0 Å². The van der Waals surface area contributed by atoms with E-state index >= 15 is 0 Å². The molecule has 2 atom stereocenters. The molecule has 15 nitrogen and oxygen atoms in total. The van der Waals surface area contributed by atoms with Crippen molar-refractivity contribution in [2.45, 2.75) is 52.1 Å². The van der Waals surface area contributed by atoms with E-state index in [1.165, 1.54) is 56.5 Å². The number of carboxylic acids is 1. The Morgan fingerprint density at radius 2 is 1.07 bits per heavy atom. The number of carbonyl (C=O) groups is 5. The minimum atomic E-state index is -4.49. The Morgan fingerprint density at radius 3 is 1.47 bits per heavy atom. The van der Waals surface area contributed by atoms with Gasteiger partial charge in [0.2, 0.25) is 0 Å². The molecule has 0 spiro atoms. The van der Waals surface area contributed by atoms with Crippen LogP contribution in [0.4, 0.5) is 26.3 Å². The maximum Gasteiger partial charge on any atom is 0.418 e. The summed E-state index contributed by atoms with van der Waals surface area (Å²) in [5.41, 5.74) is 3.07. The third-order valence-corrected chi connectivity index (χ3v) is 10.2. The molecule has 0 aromatic carbocycles. The molecule has 21 heteroatoms. The van der Waals surface area contributed by atoms with Crippen LogP contribution in [0.15, 0.2) is 140 Å². The number of ether oxygens (including phenoxy) is 3. The molecule has 380 valence electrons. The summed E-state index contributed by atoms with van der Waals surface area (Å²) in [6.07, 6.45) is 0.840. The van der Waals surface area contributed by atoms with Gasteiger partial charge in [0, 0.05) is 54.9 Å². The fourth-order valence-corrected chi connectivity index (χ4v) is 6.34. The molecule has 0 saturated heterocycles. The Hall–Kier alpha value is -8.46.